The van der Waals surface area contributed by atoms with Crippen LogP contribution in [0.5, 0.6) is 0 Å². The number of rotatable bonds is 18. The summed E-state index contributed by atoms with van der Waals surface area (Å²) in [7, 11) is 8.20. The molecule has 0 atom stereocenters. The van der Waals surface area contributed by atoms with E-state index in [2.05, 4.69) is 126 Å². The zero-order chi connectivity index (χ0) is 87.1. The average Bonchev–Trinajstić information content (AvgIpc) is 1.61. The Morgan fingerprint density at radius 1 is 0.395 bits per heavy atom. The molecule has 5 heterocycles. The Labute approximate surface area is 752 Å². The quantitative estimate of drug-likeness (QED) is 0.0265. The van der Waals surface area contributed by atoms with Crippen LogP contribution in [0.15, 0.2) is 340 Å². The molecule has 0 aliphatic rings. The van der Waals surface area contributed by atoms with Crippen LogP contribution in [0.1, 0.15) is 36.7 Å². The second-order valence-electron chi connectivity index (χ2n) is 27.3. The number of nitrogens with zero attached hydrogens (tertiary/aromatic N) is 16. The van der Waals surface area contributed by atoms with Crippen LogP contribution in [0, 0.1) is 50.6 Å². The van der Waals surface area contributed by atoms with Gasteiger partial charge < -0.3 is 28.2 Å². The molecule has 0 fully saturated rings. The second-order valence-corrected chi connectivity index (χ2v) is 30.5. The van der Waals surface area contributed by atoms with Crippen LogP contribution in [-0.2, 0) is 31.5 Å². The maximum Gasteiger partial charge on any atom is 0 e. The summed E-state index contributed by atoms with van der Waals surface area (Å²) in [6.45, 7) is 2.41. The van der Waals surface area contributed by atoms with Crippen molar-refractivity contribution in [3.05, 3.63) is 414 Å². The first kappa shape index (κ1) is 90.9. The maximum absolute atomic E-state index is 11.6. The van der Waals surface area contributed by atoms with Gasteiger partial charge in [0.25, 0.3) is 28.4 Å². The molecule has 0 spiro atoms. The van der Waals surface area contributed by atoms with Gasteiger partial charge in [-0.05, 0) is 92.3 Å². The molecule has 18 aromatic rings. The van der Waals surface area contributed by atoms with E-state index >= 15 is 0 Å². The summed E-state index contributed by atoms with van der Waals surface area (Å²) in [4.78, 5) is 81.1. The van der Waals surface area contributed by atoms with Gasteiger partial charge in [-0.25, -0.2) is 24.9 Å². The summed E-state index contributed by atoms with van der Waals surface area (Å²) in [6.07, 6.45) is 4.94. The predicted octanol–water partition coefficient (Wildman–Crippen LogP) is 24.4. The number of hydrogen-bond donors (Lipinski definition) is 2. The molecule has 0 amide bonds. The van der Waals surface area contributed by atoms with Crippen LogP contribution in [0.2, 0.25) is 0 Å². The van der Waals surface area contributed by atoms with Crippen molar-refractivity contribution >= 4 is 174 Å². The first-order valence-corrected chi connectivity index (χ1v) is 41.3. The minimum absolute atomic E-state index is 0. The molecule has 1 N–H and O–H groups in total. The molecular formula is C91H77BBr4N17O10S. The fraction of sp³-hybridized carbons (Fsp3) is 0.0879. The molecule has 18 rings (SSSR count). The number of halogens is 4. The summed E-state index contributed by atoms with van der Waals surface area (Å²) in [6, 6.07) is 94.6. The largest absolute Gasteiger partial charge is 0 e. The molecule has 0 aliphatic heterocycles. The summed E-state index contributed by atoms with van der Waals surface area (Å²) in [5.74, 6) is 0.761. The monoisotopic (exact) mass is 1930 g/mol. The summed E-state index contributed by atoms with van der Waals surface area (Å²) < 4.78 is 12.4. The van der Waals surface area contributed by atoms with Crippen molar-refractivity contribution in [1.29, 1.82) is 0 Å². The number of nitro groups is 5. The van der Waals surface area contributed by atoms with E-state index in [1.165, 1.54) is 30.1 Å². The van der Waals surface area contributed by atoms with Gasteiger partial charge in [-0.3, -0.25) is 50.6 Å². The minimum atomic E-state index is -0.439. The van der Waals surface area contributed by atoms with E-state index < -0.39 is 9.85 Å². The van der Waals surface area contributed by atoms with Crippen molar-refractivity contribution in [1.82, 2.24) is 48.2 Å². The van der Waals surface area contributed by atoms with Gasteiger partial charge in [0.15, 0.2) is 4.73 Å². The van der Waals surface area contributed by atoms with Crippen molar-refractivity contribution in [2.45, 2.75) is 38.9 Å². The second kappa shape index (κ2) is 43.6. The van der Waals surface area contributed by atoms with Crippen LogP contribution in [0.25, 0.3) is 88.5 Å². The van der Waals surface area contributed by atoms with E-state index in [-0.39, 0.29) is 52.1 Å². The number of thiol groups is 1. The third kappa shape index (κ3) is 23.0. The van der Waals surface area contributed by atoms with Crippen molar-refractivity contribution in [2.75, 3.05) is 19.0 Å². The zero-order valence-corrected chi connectivity index (χ0v) is 72.6. The predicted molar refractivity (Wildman–Crippen MR) is 509 cm³/mol. The summed E-state index contributed by atoms with van der Waals surface area (Å²) >= 11 is 16.6. The molecule has 0 aliphatic carbocycles. The maximum atomic E-state index is 11.6. The molecule has 27 nitrogen and oxygen atoms in total. The van der Waals surface area contributed by atoms with Gasteiger partial charge in [0, 0.05) is 111 Å². The molecule has 13 aromatic carbocycles. The number of nitrogens with one attached hydrogen (secondary N) is 1. The third-order valence-corrected chi connectivity index (χ3v) is 21.4. The molecule has 33 heteroatoms. The molecule has 0 bridgehead atoms. The Balaban J connectivity index is 0.000000160. The number of aromatic amines is 1. The van der Waals surface area contributed by atoms with Gasteiger partial charge in [0.1, 0.15) is 11.0 Å². The number of nitro benzene ring substituents is 5. The molecule has 0 saturated heterocycles. The topological polar surface area (TPSA) is 331 Å². The number of benzene rings is 13. The normalized spacial score (nSPS) is 10.5. The fourth-order valence-corrected chi connectivity index (χ4v) is 15.2. The van der Waals surface area contributed by atoms with Gasteiger partial charge in [-0.2, -0.15) is 0 Å². The molecule has 124 heavy (non-hydrogen) atoms. The molecular weight excluding hydrogens is 1850 g/mol. The van der Waals surface area contributed by atoms with Crippen LogP contribution in [0.4, 0.5) is 34.4 Å². The van der Waals surface area contributed by atoms with Crippen molar-refractivity contribution in [3.8, 4) is 33.4 Å². The Hall–Kier alpha value is -13.9. The molecule has 5 aromatic heterocycles. The van der Waals surface area contributed by atoms with E-state index in [4.69, 9.17) is 4.98 Å². The SMILES string of the molecule is BrCc1ccccc1.C.CN(C)c1nc2c(-c3ccccc3)cc([N+](=O)[O-])cc2n1Cc1ccccc1.O=[N+]([O-])c1cc(-c2ccccc2)c2nc(Br)n(Cc3ccccc3)c2c1.O=[N+]([O-])c1cc(-c2ccccc2)c2ncn(Cc3ccccc3)c2c1.O=[N+]([O-])c1cc(Br)c2nc[nH]c2c1.O=[N+]([O-])c1cc(Br)c2ncn(Cc3ccccc3)c2c1.[B]=NS.[HH]. The molecule has 1 radical (unpaired) electrons. The Bertz CT molecular complexity index is 6740. The van der Waals surface area contributed by atoms with E-state index in [0.29, 0.717) is 50.9 Å². The molecule has 0 saturated carbocycles. The van der Waals surface area contributed by atoms with Crippen molar-refractivity contribution in [3.63, 3.8) is 0 Å². The van der Waals surface area contributed by atoms with Gasteiger partial charge in [-0.1, -0.05) is 266 Å². The Morgan fingerprint density at radius 2 is 0.702 bits per heavy atom. The molecule has 623 valence electrons. The van der Waals surface area contributed by atoms with Crippen molar-refractivity contribution in [2.24, 2.45) is 4.30 Å². The van der Waals surface area contributed by atoms with Crippen LogP contribution in [0.3, 0.4) is 0 Å². The average molecular weight is 1930 g/mol. The Kier molecular flexibility index (Phi) is 31.9. The fourth-order valence-electron chi connectivity index (χ4n) is 13.2. The van der Waals surface area contributed by atoms with Gasteiger partial charge >= 0.3 is 24.8 Å². The zero-order valence-electron chi connectivity index (χ0n) is 65.4. The minimum Gasteiger partial charge on any atom is 0 e. The first-order valence-electron chi connectivity index (χ1n) is 37.4. The molecule has 0 unspecified atom stereocenters. The van der Waals surface area contributed by atoms with Gasteiger partial charge in [0.05, 0.1) is 110 Å². The van der Waals surface area contributed by atoms with E-state index in [1.807, 2.05) is 268 Å². The number of anilines is 1. The van der Waals surface area contributed by atoms with Crippen LogP contribution in [-0.4, -0.2) is 94.5 Å². The first-order chi connectivity index (χ1) is 59.6. The third-order valence-electron chi connectivity index (χ3n) is 18.9. The van der Waals surface area contributed by atoms with Gasteiger partial charge in [-0.15, -0.1) is 0 Å². The smallest absolute Gasteiger partial charge is 0 e. The van der Waals surface area contributed by atoms with E-state index in [1.54, 1.807) is 55.1 Å². The van der Waals surface area contributed by atoms with E-state index in [9.17, 15) is 50.6 Å². The van der Waals surface area contributed by atoms with Crippen molar-refractivity contribution < 1.29 is 26.0 Å². The number of fused-ring (bicyclic) bond motifs is 5. The summed E-state index contributed by atoms with van der Waals surface area (Å²) in [5.41, 5.74) is 18.4. The number of imidazole rings is 5. The van der Waals surface area contributed by atoms with E-state index in [0.717, 1.165) is 111 Å². The van der Waals surface area contributed by atoms with Crippen LogP contribution < -0.4 is 4.90 Å². The summed E-state index contributed by atoms with van der Waals surface area (Å²) in [5, 5.41) is 56.8. The number of H-pyrrole nitrogens is 1. The Morgan fingerprint density at radius 3 is 1.08 bits per heavy atom. The number of aromatic nitrogens is 10. The standard InChI is InChI=1S/C22H20N4O2.C20H14BrN3O2.C20H15N3O2.C14H10BrN3O2.C7H4BrN3O2.C7H7Br.CH4.BHNS.H2/c1-24(2)22-23-21-19(17-11-7-4-8-12-17)13-18(26(27)28)14-20(21)25(22)15-16-9-5-3-6-10-16;21-20-22-19-17(15-9-5-2-6-10-15)11-16(24(25)26)12-18(19)23(20)13-14-7-3-1-4-8-14;24-23(25)17-11-18(16-9-5-2-6-10-16)20-19(12-17)22(14-21-20)13-15-7-3-1-4-8-15;15-12-6-11(18(19)20)7-13-14(12)16-9-17(13)8-10-4-2-1-3-5-10;8-5-1-4(11(12)13)2-6-7(5)10-3-9-6;8-6-7-4-2-1-3-5-7;;1-2-3;/h3-14H,15H2,1-2H3;1-12H,13H2;1-12,14H,13H2;1-7,9H,8H2;1-3H,(H,9,10);1-5H,6H2;1H4;3H;1H. The number of hydrogen-bond acceptors (Lipinski definition) is 18. The number of non-ortho nitro benzene ring substituents is 5. The van der Waals surface area contributed by atoms with Gasteiger partial charge in [0.2, 0.25) is 5.95 Å². The van der Waals surface area contributed by atoms with Crippen LogP contribution >= 0.6 is 76.5 Å². The number of alkyl halides is 1.